The summed E-state index contributed by atoms with van der Waals surface area (Å²) in [6.45, 7) is 3.30. The molecule has 1 aliphatic carbocycles. The third kappa shape index (κ3) is 3.28. The largest absolute Gasteiger partial charge is 0.409 e. The number of amidine groups is 1. The van der Waals surface area contributed by atoms with Crippen LogP contribution in [-0.2, 0) is 4.79 Å². The Morgan fingerprint density at radius 2 is 2.18 bits per heavy atom. The average molecular weight is 259 g/mol. The summed E-state index contributed by atoms with van der Waals surface area (Å²) in [6, 6.07) is 0.214. The zero-order valence-electron chi connectivity index (χ0n) is 10.6. The van der Waals surface area contributed by atoms with Crippen LogP contribution in [0, 0.1) is 5.41 Å². The molecule has 0 aromatic carbocycles. The number of hydrogen-bond acceptors (Lipinski definition) is 4. The van der Waals surface area contributed by atoms with Gasteiger partial charge in [-0.2, -0.15) is 11.8 Å². The van der Waals surface area contributed by atoms with Crippen molar-refractivity contribution in [3.8, 4) is 0 Å². The molecule has 2 atom stereocenters. The molecule has 0 aromatic rings. The fraction of sp³-hybridized carbons (Fsp3) is 0.818. The molecule has 0 spiro atoms. The summed E-state index contributed by atoms with van der Waals surface area (Å²) in [7, 11) is 0. The summed E-state index contributed by atoms with van der Waals surface area (Å²) in [5.41, 5.74) is 4.55. The highest BCUT2D eigenvalue weighted by Crippen LogP contribution is 2.29. The van der Waals surface area contributed by atoms with Crippen LogP contribution in [0.25, 0.3) is 0 Å². The van der Waals surface area contributed by atoms with Gasteiger partial charge in [-0.1, -0.05) is 5.16 Å². The van der Waals surface area contributed by atoms with Crippen molar-refractivity contribution < 1.29 is 10.0 Å². The van der Waals surface area contributed by atoms with Gasteiger partial charge in [-0.3, -0.25) is 4.79 Å². The van der Waals surface area contributed by atoms with Crippen molar-refractivity contribution in [1.29, 1.82) is 0 Å². The van der Waals surface area contributed by atoms with Gasteiger partial charge in [-0.15, -0.1) is 0 Å². The maximum absolute atomic E-state index is 12.0. The molecule has 0 aliphatic heterocycles. The van der Waals surface area contributed by atoms with Crippen LogP contribution in [0.3, 0.4) is 0 Å². The maximum Gasteiger partial charge on any atom is 0.233 e. The van der Waals surface area contributed by atoms with E-state index < -0.39 is 5.41 Å². The Kier molecular flexibility index (Phi) is 4.68. The molecule has 0 aromatic heterocycles. The second kappa shape index (κ2) is 5.62. The number of nitrogens with zero attached hydrogens (tertiary/aromatic N) is 1. The Balaban J connectivity index is 2.55. The smallest absolute Gasteiger partial charge is 0.233 e. The molecule has 5 nitrogen and oxygen atoms in total. The quantitative estimate of drug-likeness (QED) is 0.306. The molecule has 0 radical (unpaired) electrons. The summed E-state index contributed by atoms with van der Waals surface area (Å²) in [5.74, 6) is -0.242. The van der Waals surface area contributed by atoms with E-state index in [1.54, 1.807) is 13.8 Å². The number of hydrogen-bond donors (Lipinski definition) is 3. The van der Waals surface area contributed by atoms with Crippen molar-refractivity contribution >= 4 is 23.5 Å². The van der Waals surface area contributed by atoms with Gasteiger partial charge < -0.3 is 16.3 Å². The summed E-state index contributed by atoms with van der Waals surface area (Å²) >= 11 is 1.84. The number of nitrogens with one attached hydrogen (secondary N) is 1. The van der Waals surface area contributed by atoms with E-state index >= 15 is 0 Å². The van der Waals surface area contributed by atoms with E-state index in [9.17, 15) is 4.79 Å². The normalized spacial score (nSPS) is 25.9. The minimum absolute atomic E-state index is 0.0607. The Hall–Kier alpha value is -0.910. The van der Waals surface area contributed by atoms with Crippen molar-refractivity contribution in [3.63, 3.8) is 0 Å². The van der Waals surface area contributed by atoms with Crippen molar-refractivity contribution in [3.05, 3.63) is 0 Å². The number of amides is 1. The zero-order chi connectivity index (χ0) is 13.1. The number of carbonyl (C=O) groups is 1. The molecule has 6 heteroatoms. The highest BCUT2D eigenvalue weighted by molar-refractivity contribution is 7.99. The van der Waals surface area contributed by atoms with Gasteiger partial charge in [0.05, 0.1) is 0 Å². The van der Waals surface area contributed by atoms with Gasteiger partial charge in [0.25, 0.3) is 0 Å². The Morgan fingerprint density at radius 1 is 1.53 bits per heavy atom. The molecule has 0 saturated heterocycles. The Morgan fingerprint density at radius 3 is 2.65 bits per heavy atom. The Bertz CT molecular complexity index is 318. The molecule has 1 amide bonds. The molecule has 0 heterocycles. The van der Waals surface area contributed by atoms with Crippen LogP contribution < -0.4 is 11.1 Å². The maximum atomic E-state index is 12.0. The fourth-order valence-corrected chi connectivity index (χ4v) is 2.69. The summed E-state index contributed by atoms with van der Waals surface area (Å²) in [5, 5.41) is 15.2. The number of rotatable bonds is 4. The lowest BCUT2D eigenvalue weighted by atomic mass is 9.90. The van der Waals surface area contributed by atoms with E-state index in [1.165, 1.54) is 0 Å². The average Bonchev–Trinajstić information content (AvgIpc) is 2.75. The molecule has 98 valence electrons. The molecular formula is C11H21N3O2S. The van der Waals surface area contributed by atoms with Crippen LogP contribution in [0.4, 0.5) is 0 Å². The highest BCUT2D eigenvalue weighted by Gasteiger charge is 2.35. The van der Waals surface area contributed by atoms with Gasteiger partial charge in [0.1, 0.15) is 5.41 Å². The van der Waals surface area contributed by atoms with Crippen molar-refractivity contribution in [2.45, 2.75) is 44.4 Å². The van der Waals surface area contributed by atoms with Crippen LogP contribution in [-0.4, -0.2) is 34.5 Å². The van der Waals surface area contributed by atoms with Gasteiger partial charge in [0, 0.05) is 11.3 Å². The predicted molar refractivity (Wildman–Crippen MR) is 70.3 cm³/mol. The molecule has 1 aliphatic rings. The highest BCUT2D eigenvalue weighted by atomic mass is 32.2. The van der Waals surface area contributed by atoms with E-state index in [1.807, 2.05) is 11.8 Å². The number of oxime groups is 1. The first-order valence-electron chi connectivity index (χ1n) is 5.73. The fourth-order valence-electron chi connectivity index (χ4n) is 1.89. The van der Waals surface area contributed by atoms with Crippen LogP contribution in [0.5, 0.6) is 0 Å². The molecule has 4 N–H and O–H groups in total. The van der Waals surface area contributed by atoms with Crippen molar-refractivity contribution in [2.24, 2.45) is 16.3 Å². The monoisotopic (exact) mass is 259 g/mol. The van der Waals surface area contributed by atoms with Gasteiger partial charge in [0.2, 0.25) is 5.91 Å². The van der Waals surface area contributed by atoms with Gasteiger partial charge in [0.15, 0.2) is 5.84 Å². The third-order valence-corrected chi connectivity index (χ3v) is 4.46. The summed E-state index contributed by atoms with van der Waals surface area (Å²) < 4.78 is 0. The SMILES string of the molecule is CSC1CCC(NC(=O)C(C)(C)C(N)=NO)C1. The second-order valence-electron chi connectivity index (χ2n) is 4.95. The van der Waals surface area contributed by atoms with Crippen molar-refractivity contribution in [2.75, 3.05) is 6.26 Å². The zero-order valence-corrected chi connectivity index (χ0v) is 11.4. The summed E-state index contributed by atoms with van der Waals surface area (Å²) in [4.78, 5) is 12.0. The predicted octanol–water partition coefficient (Wildman–Crippen LogP) is 1.16. The van der Waals surface area contributed by atoms with Crippen molar-refractivity contribution in [1.82, 2.24) is 5.32 Å². The van der Waals surface area contributed by atoms with Gasteiger partial charge >= 0.3 is 0 Å². The number of thioether (sulfide) groups is 1. The molecule has 1 fully saturated rings. The summed E-state index contributed by atoms with van der Waals surface area (Å²) in [6.07, 6.45) is 5.23. The third-order valence-electron chi connectivity index (χ3n) is 3.37. The van der Waals surface area contributed by atoms with Gasteiger partial charge in [-0.05, 0) is 39.4 Å². The van der Waals surface area contributed by atoms with E-state index in [2.05, 4.69) is 16.7 Å². The molecule has 1 saturated carbocycles. The number of carbonyl (C=O) groups excluding carboxylic acids is 1. The molecule has 2 unspecified atom stereocenters. The van der Waals surface area contributed by atoms with E-state index in [-0.39, 0.29) is 17.8 Å². The number of nitrogens with two attached hydrogens (primary N) is 1. The second-order valence-corrected chi connectivity index (χ2v) is 6.09. The molecule has 17 heavy (non-hydrogen) atoms. The lowest BCUT2D eigenvalue weighted by Gasteiger charge is -2.24. The van der Waals surface area contributed by atoms with E-state index in [0.29, 0.717) is 5.25 Å². The first-order valence-corrected chi connectivity index (χ1v) is 7.02. The Labute approximate surface area is 106 Å². The van der Waals surface area contributed by atoms with E-state index in [4.69, 9.17) is 10.9 Å². The standard InChI is InChI=1S/C11H21N3O2S/c1-11(2,9(12)14-16)10(15)13-7-4-5-8(6-7)17-3/h7-8,16H,4-6H2,1-3H3,(H2,12,14)(H,13,15). The molecule has 0 bridgehead atoms. The van der Waals surface area contributed by atoms with Crippen LogP contribution in [0.2, 0.25) is 0 Å². The van der Waals surface area contributed by atoms with Crippen LogP contribution in [0.15, 0.2) is 5.16 Å². The topological polar surface area (TPSA) is 87.7 Å². The van der Waals surface area contributed by atoms with Crippen LogP contribution >= 0.6 is 11.8 Å². The minimum atomic E-state index is -0.966. The lowest BCUT2D eigenvalue weighted by molar-refractivity contribution is -0.127. The van der Waals surface area contributed by atoms with Crippen LogP contribution in [0.1, 0.15) is 33.1 Å². The minimum Gasteiger partial charge on any atom is -0.409 e. The van der Waals surface area contributed by atoms with Gasteiger partial charge in [-0.25, -0.2) is 0 Å². The van der Waals surface area contributed by atoms with E-state index in [0.717, 1.165) is 19.3 Å². The molecule has 1 rings (SSSR count). The molecular weight excluding hydrogens is 238 g/mol. The lowest BCUT2D eigenvalue weighted by Crippen LogP contribution is -2.48. The first kappa shape index (κ1) is 14.2. The first-order chi connectivity index (χ1) is 7.91.